The van der Waals surface area contributed by atoms with Crippen molar-refractivity contribution in [1.29, 1.82) is 0 Å². The summed E-state index contributed by atoms with van der Waals surface area (Å²) in [6, 6.07) is 1.77. The van der Waals surface area contributed by atoms with Crippen molar-refractivity contribution >= 4 is 17.4 Å². The maximum Gasteiger partial charge on any atom is 0.135 e. The number of rotatable bonds is 4. The summed E-state index contributed by atoms with van der Waals surface area (Å²) in [6.45, 7) is 10.5. The van der Waals surface area contributed by atoms with E-state index in [1.165, 1.54) is 0 Å². The van der Waals surface area contributed by atoms with Crippen molar-refractivity contribution in [1.82, 2.24) is 9.97 Å². The standard InChI is InChI=1S/C12H20ClN3/c1-6-12(4,5)16-10-7-9(13)14-11(15-10)8(2)3/h7-8H,6H2,1-5H3,(H,14,15,16). The molecular formula is C12H20ClN3. The molecule has 1 N–H and O–H groups in total. The zero-order valence-corrected chi connectivity index (χ0v) is 11.4. The molecule has 90 valence electrons. The molecule has 0 aromatic carbocycles. The number of halogens is 1. The first-order chi connectivity index (χ1) is 7.34. The Labute approximate surface area is 103 Å². The fourth-order valence-corrected chi connectivity index (χ4v) is 1.38. The van der Waals surface area contributed by atoms with Crippen LogP contribution in [-0.4, -0.2) is 15.5 Å². The Morgan fingerprint density at radius 3 is 2.50 bits per heavy atom. The van der Waals surface area contributed by atoms with Gasteiger partial charge in [0.1, 0.15) is 16.8 Å². The van der Waals surface area contributed by atoms with E-state index in [1.54, 1.807) is 6.07 Å². The molecule has 0 saturated carbocycles. The Morgan fingerprint density at radius 1 is 1.38 bits per heavy atom. The quantitative estimate of drug-likeness (QED) is 0.814. The van der Waals surface area contributed by atoms with E-state index >= 15 is 0 Å². The van der Waals surface area contributed by atoms with Crippen molar-refractivity contribution < 1.29 is 0 Å². The first-order valence-corrected chi connectivity index (χ1v) is 6.04. The fourth-order valence-electron chi connectivity index (χ4n) is 1.19. The van der Waals surface area contributed by atoms with Gasteiger partial charge in [0.25, 0.3) is 0 Å². The van der Waals surface area contributed by atoms with Gasteiger partial charge in [0, 0.05) is 17.5 Å². The lowest BCUT2D eigenvalue weighted by Crippen LogP contribution is -2.30. The third-order valence-corrected chi connectivity index (χ3v) is 2.77. The van der Waals surface area contributed by atoms with Gasteiger partial charge in [-0.25, -0.2) is 9.97 Å². The Kier molecular flexibility index (Phi) is 4.14. The highest BCUT2D eigenvalue weighted by atomic mass is 35.5. The third kappa shape index (κ3) is 3.63. The minimum absolute atomic E-state index is 0.0198. The Hall–Kier alpha value is -0.830. The molecule has 0 bridgehead atoms. The molecule has 0 spiro atoms. The SMILES string of the molecule is CCC(C)(C)Nc1cc(Cl)nc(C(C)C)n1. The molecule has 0 aliphatic rings. The Bertz CT molecular complexity index is 361. The molecule has 1 heterocycles. The van der Waals surface area contributed by atoms with Crippen molar-refractivity contribution in [3.05, 3.63) is 17.0 Å². The first kappa shape index (κ1) is 13.2. The average Bonchev–Trinajstić information content (AvgIpc) is 2.16. The Balaban J connectivity index is 2.97. The maximum atomic E-state index is 5.98. The van der Waals surface area contributed by atoms with Crippen LogP contribution in [0.15, 0.2) is 6.07 Å². The second-order valence-corrected chi connectivity index (χ2v) is 5.34. The number of nitrogens with one attached hydrogen (secondary N) is 1. The predicted octanol–water partition coefficient (Wildman–Crippen LogP) is 3.85. The van der Waals surface area contributed by atoms with Crippen LogP contribution in [0, 0.1) is 0 Å². The summed E-state index contributed by atoms with van der Waals surface area (Å²) in [5.74, 6) is 1.86. The van der Waals surface area contributed by atoms with Gasteiger partial charge in [-0.15, -0.1) is 0 Å². The van der Waals surface area contributed by atoms with Crippen LogP contribution in [0.4, 0.5) is 5.82 Å². The van der Waals surface area contributed by atoms with Crippen LogP contribution in [0.3, 0.4) is 0 Å². The normalized spacial score (nSPS) is 11.9. The van der Waals surface area contributed by atoms with Crippen molar-refractivity contribution in [3.8, 4) is 0 Å². The van der Waals surface area contributed by atoms with Crippen LogP contribution in [0.1, 0.15) is 52.8 Å². The van der Waals surface area contributed by atoms with Crippen molar-refractivity contribution in [3.63, 3.8) is 0 Å². The molecule has 0 amide bonds. The third-order valence-electron chi connectivity index (χ3n) is 2.58. The average molecular weight is 242 g/mol. The zero-order chi connectivity index (χ0) is 12.3. The van der Waals surface area contributed by atoms with E-state index in [9.17, 15) is 0 Å². The lowest BCUT2D eigenvalue weighted by Gasteiger charge is -2.25. The van der Waals surface area contributed by atoms with E-state index in [0.29, 0.717) is 5.15 Å². The molecule has 0 aliphatic carbocycles. The molecule has 0 fully saturated rings. The van der Waals surface area contributed by atoms with Gasteiger partial charge in [-0.05, 0) is 20.3 Å². The Morgan fingerprint density at radius 2 is 2.00 bits per heavy atom. The molecule has 0 saturated heterocycles. The summed E-state index contributed by atoms with van der Waals surface area (Å²) in [4.78, 5) is 8.66. The molecular weight excluding hydrogens is 222 g/mol. The van der Waals surface area contributed by atoms with Crippen LogP contribution >= 0.6 is 11.6 Å². The second kappa shape index (κ2) is 5.00. The van der Waals surface area contributed by atoms with Gasteiger partial charge in [0.2, 0.25) is 0 Å². The minimum atomic E-state index is 0.0198. The van der Waals surface area contributed by atoms with Crippen molar-refractivity contribution in [2.45, 2.75) is 52.5 Å². The van der Waals surface area contributed by atoms with E-state index in [1.807, 2.05) is 0 Å². The van der Waals surface area contributed by atoms with Gasteiger partial charge < -0.3 is 5.32 Å². The van der Waals surface area contributed by atoms with Crippen LogP contribution in [-0.2, 0) is 0 Å². The second-order valence-electron chi connectivity index (χ2n) is 4.95. The molecule has 0 unspecified atom stereocenters. The van der Waals surface area contributed by atoms with Crippen molar-refractivity contribution in [2.75, 3.05) is 5.32 Å². The van der Waals surface area contributed by atoms with E-state index < -0.39 is 0 Å². The van der Waals surface area contributed by atoms with Gasteiger partial charge in [0.05, 0.1) is 0 Å². The molecule has 0 radical (unpaired) electrons. The summed E-state index contributed by atoms with van der Waals surface area (Å²) in [6.07, 6.45) is 1.02. The molecule has 3 nitrogen and oxygen atoms in total. The smallest absolute Gasteiger partial charge is 0.135 e. The monoisotopic (exact) mass is 241 g/mol. The summed E-state index contributed by atoms with van der Waals surface area (Å²) < 4.78 is 0. The number of nitrogens with zero attached hydrogens (tertiary/aromatic N) is 2. The van der Waals surface area contributed by atoms with Gasteiger partial charge in [-0.1, -0.05) is 32.4 Å². The largest absolute Gasteiger partial charge is 0.365 e. The van der Waals surface area contributed by atoms with E-state index in [4.69, 9.17) is 11.6 Å². The number of hydrogen-bond acceptors (Lipinski definition) is 3. The molecule has 0 atom stereocenters. The van der Waals surface area contributed by atoms with Gasteiger partial charge in [-0.2, -0.15) is 0 Å². The van der Waals surface area contributed by atoms with Crippen molar-refractivity contribution in [2.24, 2.45) is 0 Å². The molecule has 0 aliphatic heterocycles. The van der Waals surface area contributed by atoms with Crippen LogP contribution in [0.5, 0.6) is 0 Å². The summed E-state index contributed by atoms with van der Waals surface area (Å²) in [7, 11) is 0. The lowest BCUT2D eigenvalue weighted by atomic mass is 10.0. The summed E-state index contributed by atoms with van der Waals surface area (Å²) in [5.41, 5.74) is 0.0198. The lowest BCUT2D eigenvalue weighted by molar-refractivity contribution is 0.544. The maximum absolute atomic E-state index is 5.98. The predicted molar refractivity (Wildman–Crippen MR) is 69.1 cm³/mol. The van der Waals surface area contributed by atoms with Crippen LogP contribution in [0.2, 0.25) is 5.15 Å². The van der Waals surface area contributed by atoms with Crippen LogP contribution < -0.4 is 5.32 Å². The molecule has 1 aromatic rings. The zero-order valence-electron chi connectivity index (χ0n) is 10.6. The highest BCUT2D eigenvalue weighted by Gasteiger charge is 2.16. The van der Waals surface area contributed by atoms with Gasteiger partial charge in [-0.3, -0.25) is 0 Å². The molecule has 1 rings (SSSR count). The van der Waals surface area contributed by atoms with E-state index in [-0.39, 0.29) is 11.5 Å². The first-order valence-electron chi connectivity index (χ1n) is 5.66. The minimum Gasteiger partial charge on any atom is -0.365 e. The van der Waals surface area contributed by atoms with E-state index in [2.05, 4.69) is 49.9 Å². The van der Waals surface area contributed by atoms with Gasteiger partial charge >= 0.3 is 0 Å². The van der Waals surface area contributed by atoms with Crippen LogP contribution in [0.25, 0.3) is 0 Å². The number of hydrogen-bond donors (Lipinski definition) is 1. The molecule has 1 aromatic heterocycles. The topological polar surface area (TPSA) is 37.8 Å². The molecule has 4 heteroatoms. The summed E-state index contributed by atoms with van der Waals surface area (Å²) >= 11 is 5.98. The fraction of sp³-hybridized carbons (Fsp3) is 0.667. The highest BCUT2D eigenvalue weighted by molar-refractivity contribution is 6.29. The number of anilines is 1. The highest BCUT2D eigenvalue weighted by Crippen LogP contribution is 2.21. The number of aromatic nitrogens is 2. The van der Waals surface area contributed by atoms with E-state index in [0.717, 1.165) is 18.1 Å². The molecule has 16 heavy (non-hydrogen) atoms. The summed E-state index contributed by atoms with van der Waals surface area (Å²) in [5, 5.41) is 3.86. The van der Waals surface area contributed by atoms with Gasteiger partial charge in [0.15, 0.2) is 0 Å².